The van der Waals surface area contributed by atoms with Gasteiger partial charge in [-0.15, -0.1) is 56.7 Å². The molecule has 556 valence electrons. The Hall–Kier alpha value is -4.59. The molecule has 37 heteroatoms. The predicted molar refractivity (Wildman–Crippen MR) is 430 cm³/mol. The van der Waals surface area contributed by atoms with E-state index in [9.17, 15) is 63.0 Å². The zero-order valence-electron chi connectivity index (χ0n) is 55.7. The number of alkyl halides is 7. The van der Waals surface area contributed by atoms with Gasteiger partial charge < -0.3 is 16.2 Å². The molecule has 4 atom stereocenters. The van der Waals surface area contributed by atoms with Crippen molar-refractivity contribution in [3.63, 3.8) is 0 Å². The molecule has 12 aromatic rings. The number of benzene rings is 7. The molecule has 5 heterocycles. The van der Waals surface area contributed by atoms with E-state index in [4.69, 9.17) is 5.73 Å². The van der Waals surface area contributed by atoms with Crippen LogP contribution in [0.1, 0.15) is 48.4 Å². The van der Waals surface area contributed by atoms with Crippen LogP contribution in [0.3, 0.4) is 0 Å². The van der Waals surface area contributed by atoms with Gasteiger partial charge in [0.2, 0.25) is 20.0 Å². The summed E-state index contributed by atoms with van der Waals surface area (Å²) in [6.45, 7) is 0.557. The topological polar surface area (TPSA) is 281 Å². The van der Waals surface area contributed by atoms with Gasteiger partial charge in [-0.2, -0.15) is 8.78 Å². The first-order valence-electron chi connectivity index (χ1n) is 30.6. The van der Waals surface area contributed by atoms with Crippen molar-refractivity contribution in [3.8, 4) is 11.1 Å². The molecular weight excluding hydrogens is 1930 g/mol. The molecule has 0 unspecified atom stereocenters. The number of nitrogens with two attached hydrogens (primary N) is 1. The Bertz CT molecular complexity index is 5020. The van der Waals surface area contributed by atoms with E-state index in [0.29, 0.717) is 22.6 Å². The van der Waals surface area contributed by atoms with Crippen LogP contribution in [0.25, 0.3) is 62.2 Å². The van der Waals surface area contributed by atoms with Gasteiger partial charge in [-0.3, -0.25) is 4.79 Å². The number of nitrogens with zero attached hydrogens (tertiary/aromatic N) is 5. The van der Waals surface area contributed by atoms with Crippen LogP contribution in [0.5, 0.6) is 0 Å². The van der Waals surface area contributed by atoms with E-state index in [2.05, 4.69) is 147 Å². The van der Waals surface area contributed by atoms with Gasteiger partial charge in [0, 0.05) is 24.4 Å². The van der Waals surface area contributed by atoms with E-state index < -0.39 is 101 Å². The number of carbonyl (C=O) groups excluding carboxylic acids is 2. The van der Waals surface area contributed by atoms with Crippen LogP contribution < -0.4 is 29.4 Å². The third-order valence-electron chi connectivity index (χ3n) is 14.2. The number of aromatic nitrogens is 5. The molecule has 5 aromatic heterocycles. The molecule has 0 saturated carbocycles. The summed E-state index contributed by atoms with van der Waals surface area (Å²) in [5.41, 5.74) is 12.5. The fourth-order valence-electron chi connectivity index (χ4n) is 9.11. The number of halogens is 11. The molecule has 8 N–H and O–H groups in total. The monoisotopic (exact) mass is 1990 g/mol. The molecule has 0 spiro atoms. The Kier molecular flexibility index (Phi) is 33.5. The first-order valence-corrected chi connectivity index (χ1v) is 52.7. The van der Waals surface area contributed by atoms with Gasteiger partial charge in [0.1, 0.15) is 32.8 Å². The summed E-state index contributed by atoms with van der Waals surface area (Å²) in [5.74, 6) is -3.23. The molecule has 12 rings (SSSR count). The molecule has 0 saturated heterocycles. The van der Waals surface area contributed by atoms with E-state index in [1.165, 1.54) is 52.5 Å². The van der Waals surface area contributed by atoms with E-state index in [0.717, 1.165) is 98.4 Å². The molecule has 7 aromatic carbocycles. The molecule has 2 amide bonds. The van der Waals surface area contributed by atoms with Gasteiger partial charge in [0.15, 0.2) is 0 Å². The third kappa shape index (κ3) is 27.2. The number of aliphatic hydroxyl groups excluding tert-OH is 2. The molecule has 0 aliphatic carbocycles. The first-order chi connectivity index (χ1) is 49.0. The number of rotatable bonds is 20. The molecule has 0 aliphatic rings. The fourth-order valence-corrected chi connectivity index (χ4v) is 19.5. The van der Waals surface area contributed by atoms with Crippen LogP contribution in [0.15, 0.2) is 157 Å². The van der Waals surface area contributed by atoms with Crippen LogP contribution in [-0.4, -0.2) is 133 Å². The number of carbonyl (C=O) groups is 2. The average Bonchev–Trinajstić information content (AvgIpc) is 1.45. The van der Waals surface area contributed by atoms with Crippen molar-refractivity contribution < 1.29 is 63.0 Å². The summed E-state index contributed by atoms with van der Waals surface area (Å²) >= 11 is 22.7. The van der Waals surface area contributed by atoms with Crippen LogP contribution in [0.2, 0.25) is 14.8 Å². The Morgan fingerprint density at radius 3 is 1.18 bits per heavy atom. The van der Waals surface area contributed by atoms with Crippen LogP contribution in [-0.2, 0) is 54.6 Å². The van der Waals surface area contributed by atoms with E-state index >= 15 is 0 Å². The number of thiazole rings is 5. The zero-order chi connectivity index (χ0) is 76.4. The summed E-state index contributed by atoms with van der Waals surface area (Å²) < 4.78 is 135. The van der Waals surface area contributed by atoms with Crippen molar-refractivity contribution in [3.05, 3.63) is 194 Å². The number of fused-ring (bicyclic) bond motifs is 5. The van der Waals surface area contributed by atoms with Crippen LogP contribution >= 0.6 is 136 Å². The quantitative estimate of drug-likeness (QED) is 0.0212. The summed E-state index contributed by atoms with van der Waals surface area (Å²) in [5, 5.41) is 29.3. The second-order valence-corrected chi connectivity index (χ2v) is 51.4. The predicted octanol–water partition coefficient (Wildman–Crippen LogP) is 16.7. The molecule has 0 fully saturated rings. The van der Waals surface area contributed by atoms with Gasteiger partial charge in [0.25, 0.3) is 5.91 Å². The summed E-state index contributed by atoms with van der Waals surface area (Å²) in [7, 11) is -6.49. The number of amides is 2. The number of hydrogen-bond donors (Lipinski definition) is 7. The number of aliphatic hydroxyl groups is 2. The van der Waals surface area contributed by atoms with Crippen molar-refractivity contribution in [1.29, 1.82) is 0 Å². The van der Waals surface area contributed by atoms with Gasteiger partial charge in [-0.05, 0) is 109 Å². The Morgan fingerprint density at radius 1 is 0.490 bits per heavy atom. The zero-order valence-corrected chi connectivity index (χ0v) is 72.2. The van der Waals surface area contributed by atoms with Crippen LogP contribution in [0.4, 0.5) is 26.3 Å². The van der Waals surface area contributed by atoms with Crippen molar-refractivity contribution in [2.75, 3.05) is 25.9 Å². The SMILES string of the molecule is BrCc1nc2cc(Br)ccc2s1.CS(=O)(=O)NCc1nc2cc(-c3ccc([C@@H](O)[C@@H](CF)NC(=O)C(F)F)cc3)ccc2s1.CS(=O)(=O)NCc1nc2cc(Br)ccc2s1.Cc1nc2cc(Br)ccc2s1.NCc1nc2cc(Br)ccc2s1.[CH3][Sn]([CH3])([CH3])[c]1ccc([C@@H](O)[C@@H](CF)NC(=O)C(F)F)cc1. The van der Waals surface area contributed by atoms with Crippen molar-refractivity contribution in [2.45, 2.75) is 83.8 Å². The second-order valence-electron chi connectivity index (χ2n) is 23.3. The molecule has 0 aliphatic heterocycles. The number of sulfonamides is 2. The normalized spacial score (nSPS) is 12.8. The third-order valence-corrected chi connectivity index (χ3v) is 29.4. The first kappa shape index (κ1) is 86.6. The number of aryl methyl sites for hydroxylation is 1. The van der Waals surface area contributed by atoms with E-state index in [1.807, 2.05) is 97.2 Å². The van der Waals surface area contributed by atoms with Gasteiger partial charge in [-0.25, -0.2) is 55.6 Å². The molecular formula is C67H67Br5F6N10O8S7Sn. The Labute approximate surface area is 662 Å². The summed E-state index contributed by atoms with van der Waals surface area (Å²) in [4.78, 5) is 50.6. The molecule has 0 bridgehead atoms. The summed E-state index contributed by atoms with van der Waals surface area (Å²) in [6.07, 6.45) is -7.19. The number of nitrogens with one attached hydrogen (secondary N) is 4. The van der Waals surface area contributed by atoms with Crippen molar-refractivity contribution in [2.24, 2.45) is 5.73 Å². The van der Waals surface area contributed by atoms with Gasteiger partial charge in [-0.1, -0.05) is 110 Å². The fraction of sp³-hybridized carbons (Fsp3) is 0.269. The maximum absolute atomic E-state index is 13.2. The van der Waals surface area contributed by atoms with Crippen molar-refractivity contribution in [1.82, 2.24) is 45.0 Å². The van der Waals surface area contributed by atoms with E-state index in [1.54, 1.807) is 63.6 Å². The van der Waals surface area contributed by atoms with E-state index in [-0.39, 0.29) is 18.7 Å². The Balaban J connectivity index is 0.000000183. The molecule has 104 heavy (non-hydrogen) atoms. The molecule has 0 radical (unpaired) electrons. The number of hydrogen-bond acceptors (Lipinski definition) is 19. The van der Waals surface area contributed by atoms with Crippen LogP contribution in [0, 0.1) is 6.92 Å². The second kappa shape index (κ2) is 40.2. The minimum atomic E-state index is -3.33. The minimum absolute atomic E-state index is 0.0952. The summed E-state index contributed by atoms with van der Waals surface area (Å²) in [6, 6.07) is 40.3. The average molecular weight is 2000 g/mol. The standard InChI is InChI=1S/C20H20F3N3O4S2.C11H11F3NO2.C9H9BrN2O2S2.C8H5Br2NS.C8H7BrN2S.C8H6BrNS.3CH3.Sn/c1-32(29,30)24-10-17-25-14-8-13(6-7-16(14)31-17)11-2-4-12(5-3-11)18(27)15(9-21)26-20(28)19(22)23;12-6-8(15-11(17)10(13)14)9(16)7-4-2-1-3-5-7;1-16(13,14)11-5-9-12-7-4-6(10)2-3-8(7)15-9;9-4-8-11-6-3-5(10)1-2-7(6)12-8;9-5-1-2-7-6(3-5)11-8(4-10)12-7;1-5-10-7-4-6(9)2-3-8(7)11-5;;;;/h2-8,15,18-19,24,27H,9-10H2,1H3,(H,26,28);2-5,8-10,16H,6H2,(H,15,17);2-4,11H,5H2,1H3;1-3H,4H2;1-3H,4,10H2;2-4H,1H3;3*1H3;/t15-,18-;8-,9-;;;;;;;;/m11......../s1. The Morgan fingerprint density at radius 2 is 0.817 bits per heavy atom. The maximum atomic E-state index is 13.2. The van der Waals surface area contributed by atoms with Gasteiger partial charge in [0.05, 0.1) is 93.1 Å². The van der Waals surface area contributed by atoms with Gasteiger partial charge >= 0.3 is 133 Å². The van der Waals surface area contributed by atoms with Crippen molar-refractivity contribution >= 4 is 241 Å². The molecule has 18 nitrogen and oxygen atoms in total.